The Morgan fingerprint density at radius 3 is 2.29 bits per heavy atom. The molecule has 0 saturated heterocycles. The molecule has 0 radical (unpaired) electrons. The van der Waals surface area contributed by atoms with Crippen molar-refractivity contribution in [3.05, 3.63) is 71.4 Å². The molecule has 2 aromatic rings. The second-order valence-corrected chi connectivity index (χ2v) is 6.46. The normalized spacial score (nSPS) is 20.6. The van der Waals surface area contributed by atoms with E-state index in [-0.39, 0.29) is 17.6 Å². The third kappa shape index (κ3) is 2.67. The maximum atomic E-state index is 12.4. The summed E-state index contributed by atoms with van der Waals surface area (Å²) in [6.45, 7) is 0. The van der Waals surface area contributed by atoms with Crippen molar-refractivity contribution >= 4 is 11.7 Å². The van der Waals surface area contributed by atoms with Crippen molar-refractivity contribution in [2.75, 3.05) is 0 Å². The van der Waals surface area contributed by atoms with Crippen LogP contribution in [-0.2, 0) is 9.59 Å². The topological polar surface area (TPSA) is 46.2 Å². The van der Waals surface area contributed by atoms with Gasteiger partial charge in [-0.25, -0.2) is 0 Å². The number of hydrogen-bond donors (Lipinski definition) is 1. The van der Waals surface area contributed by atoms with Gasteiger partial charge in [0.2, 0.25) is 5.91 Å². The first-order valence-corrected chi connectivity index (χ1v) is 8.44. The molecule has 1 N–H and O–H groups in total. The van der Waals surface area contributed by atoms with Gasteiger partial charge in [-0.05, 0) is 29.5 Å². The van der Waals surface area contributed by atoms with Crippen molar-refractivity contribution < 1.29 is 9.59 Å². The lowest BCUT2D eigenvalue weighted by molar-refractivity contribution is -0.122. The van der Waals surface area contributed by atoms with E-state index in [1.165, 1.54) is 5.56 Å². The second-order valence-electron chi connectivity index (χ2n) is 6.46. The van der Waals surface area contributed by atoms with Gasteiger partial charge < -0.3 is 5.32 Å². The first-order valence-electron chi connectivity index (χ1n) is 8.44. The van der Waals surface area contributed by atoms with Crippen LogP contribution in [0, 0.1) is 0 Å². The molecule has 1 heterocycles. The molecule has 1 aliphatic heterocycles. The molecule has 2 aliphatic rings. The highest BCUT2D eigenvalue weighted by molar-refractivity contribution is 6.01. The number of nitrogens with one attached hydrogen (secondary N) is 1. The smallest absolute Gasteiger partial charge is 0.225 e. The molecule has 0 spiro atoms. The van der Waals surface area contributed by atoms with E-state index in [0.717, 1.165) is 35.2 Å². The summed E-state index contributed by atoms with van der Waals surface area (Å²) < 4.78 is 0. The van der Waals surface area contributed by atoms with Crippen molar-refractivity contribution in [1.82, 2.24) is 5.32 Å². The first kappa shape index (κ1) is 14.9. The van der Waals surface area contributed by atoms with Crippen molar-refractivity contribution in [3.8, 4) is 11.1 Å². The van der Waals surface area contributed by atoms with E-state index in [2.05, 4.69) is 41.7 Å². The average Bonchev–Trinajstić information content (AvgIpc) is 2.62. The molecule has 1 amide bonds. The van der Waals surface area contributed by atoms with Crippen molar-refractivity contribution in [2.45, 2.75) is 31.6 Å². The zero-order chi connectivity index (χ0) is 16.5. The summed E-state index contributed by atoms with van der Waals surface area (Å²) >= 11 is 0. The van der Waals surface area contributed by atoms with Crippen molar-refractivity contribution in [1.29, 1.82) is 0 Å². The number of hydrogen-bond acceptors (Lipinski definition) is 2. The predicted octanol–water partition coefficient (Wildman–Crippen LogP) is 3.96. The zero-order valence-corrected chi connectivity index (χ0v) is 13.4. The zero-order valence-electron chi connectivity index (χ0n) is 13.4. The highest BCUT2D eigenvalue weighted by atomic mass is 16.2. The SMILES string of the molecule is O=C1C[C@@H](c2ccc(-c3ccccc3)cc2)C2=C(CCCC2=O)N1. The molecule has 0 fully saturated rings. The fourth-order valence-corrected chi connectivity index (χ4v) is 3.73. The van der Waals surface area contributed by atoms with Crippen LogP contribution in [0.3, 0.4) is 0 Å². The number of amides is 1. The predicted molar refractivity (Wildman–Crippen MR) is 93.3 cm³/mol. The van der Waals surface area contributed by atoms with Crippen molar-refractivity contribution in [3.63, 3.8) is 0 Å². The maximum absolute atomic E-state index is 12.4. The van der Waals surface area contributed by atoms with Crippen molar-refractivity contribution in [2.24, 2.45) is 0 Å². The van der Waals surface area contributed by atoms with E-state index in [4.69, 9.17) is 0 Å². The van der Waals surface area contributed by atoms with E-state index in [0.29, 0.717) is 12.8 Å². The molecular formula is C21H19NO2. The minimum atomic E-state index is -0.105. The number of allylic oxidation sites excluding steroid dienone is 2. The monoisotopic (exact) mass is 317 g/mol. The van der Waals surface area contributed by atoms with Crippen LogP contribution in [0.1, 0.15) is 37.2 Å². The lowest BCUT2D eigenvalue weighted by atomic mass is 9.78. The second kappa shape index (κ2) is 6.08. The molecule has 0 unspecified atom stereocenters. The quantitative estimate of drug-likeness (QED) is 0.911. The summed E-state index contributed by atoms with van der Waals surface area (Å²) in [5, 5.41) is 2.91. The van der Waals surface area contributed by atoms with E-state index >= 15 is 0 Å². The average molecular weight is 317 g/mol. The van der Waals surface area contributed by atoms with E-state index in [1.807, 2.05) is 18.2 Å². The van der Waals surface area contributed by atoms with Gasteiger partial charge in [0.1, 0.15) is 0 Å². The molecular weight excluding hydrogens is 298 g/mol. The molecule has 1 atom stereocenters. The highest BCUT2D eigenvalue weighted by Crippen LogP contribution is 2.38. The van der Waals surface area contributed by atoms with Crippen LogP contribution in [0.4, 0.5) is 0 Å². The molecule has 4 rings (SSSR count). The van der Waals surface area contributed by atoms with Crippen LogP contribution in [0.5, 0.6) is 0 Å². The van der Waals surface area contributed by atoms with E-state index in [9.17, 15) is 9.59 Å². The van der Waals surface area contributed by atoms with Crippen LogP contribution in [0.15, 0.2) is 65.9 Å². The third-order valence-electron chi connectivity index (χ3n) is 4.90. The Morgan fingerprint density at radius 1 is 0.833 bits per heavy atom. The van der Waals surface area contributed by atoms with Gasteiger partial charge in [-0.1, -0.05) is 54.6 Å². The van der Waals surface area contributed by atoms with Gasteiger partial charge in [-0.2, -0.15) is 0 Å². The molecule has 3 nitrogen and oxygen atoms in total. The highest BCUT2D eigenvalue weighted by Gasteiger charge is 2.34. The van der Waals surface area contributed by atoms with Crippen LogP contribution in [0.25, 0.3) is 11.1 Å². The lowest BCUT2D eigenvalue weighted by Gasteiger charge is -2.31. The van der Waals surface area contributed by atoms with Crippen LogP contribution in [0.2, 0.25) is 0 Å². The van der Waals surface area contributed by atoms with E-state index in [1.54, 1.807) is 0 Å². The Morgan fingerprint density at radius 2 is 1.54 bits per heavy atom. The molecule has 3 heteroatoms. The maximum Gasteiger partial charge on any atom is 0.225 e. The number of rotatable bonds is 2. The molecule has 120 valence electrons. The van der Waals surface area contributed by atoms with Gasteiger partial charge in [-0.15, -0.1) is 0 Å². The van der Waals surface area contributed by atoms with Gasteiger partial charge >= 0.3 is 0 Å². The van der Waals surface area contributed by atoms with Crippen LogP contribution < -0.4 is 5.32 Å². The molecule has 0 bridgehead atoms. The molecule has 0 saturated carbocycles. The largest absolute Gasteiger partial charge is 0.329 e. The van der Waals surface area contributed by atoms with E-state index < -0.39 is 0 Å². The minimum Gasteiger partial charge on any atom is -0.329 e. The third-order valence-corrected chi connectivity index (χ3v) is 4.90. The molecule has 0 aromatic heterocycles. The standard InChI is InChI=1S/C21H19NO2/c23-19-8-4-7-18-21(19)17(13-20(24)22-18)16-11-9-15(10-12-16)14-5-2-1-3-6-14/h1-3,5-6,9-12,17H,4,7-8,13H2,(H,22,24)/t17-/m0/s1. The van der Waals surface area contributed by atoms with Gasteiger partial charge in [0.05, 0.1) is 0 Å². The van der Waals surface area contributed by atoms with Crippen LogP contribution in [-0.4, -0.2) is 11.7 Å². The van der Waals surface area contributed by atoms with Gasteiger partial charge in [-0.3, -0.25) is 9.59 Å². The summed E-state index contributed by atoms with van der Waals surface area (Å²) in [6.07, 6.45) is 2.57. The molecule has 1 aliphatic carbocycles. The Balaban J connectivity index is 1.70. The summed E-state index contributed by atoms with van der Waals surface area (Å²) in [7, 11) is 0. The Bertz CT molecular complexity index is 819. The summed E-state index contributed by atoms with van der Waals surface area (Å²) in [6, 6.07) is 18.5. The number of carbonyl (C=O) groups is 2. The minimum absolute atomic E-state index is 0.0144. The van der Waals surface area contributed by atoms with Gasteiger partial charge in [0, 0.05) is 30.0 Å². The number of carbonyl (C=O) groups excluding carboxylic acids is 2. The fraction of sp³-hybridized carbons (Fsp3) is 0.238. The summed E-state index contributed by atoms with van der Waals surface area (Å²) in [5.74, 6) is 0.0975. The number of benzene rings is 2. The lowest BCUT2D eigenvalue weighted by Crippen LogP contribution is -2.36. The number of Topliss-reactive ketones (excluding diaryl/α,β-unsaturated/α-hetero) is 1. The number of ketones is 1. The Kier molecular flexibility index (Phi) is 3.77. The first-order chi connectivity index (χ1) is 11.7. The van der Waals surface area contributed by atoms with Gasteiger partial charge in [0.15, 0.2) is 5.78 Å². The van der Waals surface area contributed by atoms with Gasteiger partial charge in [0.25, 0.3) is 0 Å². The molecule has 2 aromatic carbocycles. The molecule has 24 heavy (non-hydrogen) atoms. The Labute approximate surface area is 141 Å². The summed E-state index contributed by atoms with van der Waals surface area (Å²) in [4.78, 5) is 24.4. The Hall–Kier alpha value is -2.68. The van der Waals surface area contributed by atoms with Crippen LogP contribution >= 0.6 is 0 Å². The summed E-state index contributed by atoms with van der Waals surface area (Å²) in [5.41, 5.74) is 5.03. The fourth-order valence-electron chi connectivity index (χ4n) is 3.73.